The quantitative estimate of drug-likeness (QED) is 0.654. The predicted molar refractivity (Wildman–Crippen MR) is 74.1 cm³/mol. The third-order valence-corrected chi connectivity index (χ3v) is 2.69. The molecule has 1 amide bonds. The summed E-state index contributed by atoms with van der Waals surface area (Å²) in [6.45, 7) is 4.45. The summed E-state index contributed by atoms with van der Waals surface area (Å²) in [5.41, 5.74) is 7.22. The Balaban J connectivity index is 2.58. The van der Waals surface area contributed by atoms with Gasteiger partial charge in [0.1, 0.15) is 5.75 Å². The molecule has 0 fully saturated rings. The molecule has 0 atom stereocenters. The molecule has 0 bridgehead atoms. The van der Waals surface area contributed by atoms with E-state index in [1.54, 1.807) is 7.11 Å². The van der Waals surface area contributed by atoms with Gasteiger partial charge in [-0.05, 0) is 12.5 Å². The molecule has 19 heavy (non-hydrogen) atoms. The first-order valence-corrected chi connectivity index (χ1v) is 6.34. The molecular formula is C14H22N2O3. The highest BCUT2D eigenvalue weighted by atomic mass is 16.5. The van der Waals surface area contributed by atoms with Gasteiger partial charge in [0.2, 0.25) is 5.91 Å². The zero-order valence-corrected chi connectivity index (χ0v) is 11.6. The Morgan fingerprint density at radius 2 is 2.16 bits per heavy atom. The van der Waals surface area contributed by atoms with Crippen LogP contribution < -0.4 is 15.8 Å². The summed E-state index contributed by atoms with van der Waals surface area (Å²) in [6, 6.07) is 5.98. The Hall–Kier alpha value is -1.59. The molecule has 1 aromatic rings. The molecule has 0 saturated heterocycles. The van der Waals surface area contributed by atoms with Gasteiger partial charge in [-0.15, -0.1) is 0 Å². The smallest absolute Gasteiger partial charge is 0.220 e. The maximum absolute atomic E-state index is 10.7. The van der Waals surface area contributed by atoms with E-state index in [9.17, 15) is 4.79 Å². The standard InChI is InChI=1S/C14H22N2O3/c1-11-4-3-5-12(10-16-7-9-18-2)14(11)19-8-6-13(15)17/h3-5,16H,6-10H2,1-2H3,(H2,15,17). The Morgan fingerprint density at radius 3 is 2.84 bits per heavy atom. The number of aryl methyl sites for hydroxylation is 1. The Kier molecular flexibility index (Phi) is 6.92. The van der Waals surface area contributed by atoms with Crippen molar-refractivity contribution in [3.63, 3.8) is 0 Å². The SMILES string of the molecule is COCCNCc1cccc(C)c1OCCC(N)=O. The maximum atomic E-state index is 10.7. The van der Waals surface area contributed by atoms with E-state index in [-0.39, 0.29) is 12.3 Å². The molecule has 1 rings (SSSR count). The third-order valence-electron chi connectivity index (χ3n) is 2.69. The van der Waals surface area contributed by atoms with Gasteiger partial charge in [0.15, 0.2) is 0 Å². The highest BCUT2D eigenvalue weighted by molar-refractivity contribution is 5.73. The number of nitrogens with one attached hydrogen (secondary N) is 1. The summed E-state index contributed by atoms with van der Waals surface area (Å²) in [5.74, 6) is 0.474. The van der Waals surface area contributed by atoms with Crippen LogP contribution in [0.3, 0.4) is 0 Å². The Labute approximate surface area is 114 Å². The summed E-state index contributed by atoms with van der Waals surface area (Å²) in [4.78, 5) is 10.7. The molecule has 0 radical (unpaired) electrons. The van der Waals surface area contributed by atoms with Crippen LogP contribution in [0.5, 0.6) is 5.75 Å². The molecule has 0 heterocycles. The van der Waals surface area contributed by atoms with Gasteiger partial charge in [0, 0.05) is 25.8 Å². The fourth-order valence-electron chi connectivity index (χ4n) is 1.71. The summed E-state index contributed by atoms with van der Waals surface area (Å²) in [7, 11) is 1.67. The number of para-hydroxylation sites is 1. The van der Waals surface area contributed by atoms with E-state index in [2.05, 4.69) is 5.32 Å². The van der Waals surface area contributed by atoms with Crippen LogP contribution in [0, 0.1) is 6.92 Å². The summed E-state index contributed by atoms with van der Waals surface area (Å²) < 4.78 is 10.6. The second kappa shape index (κ2) is 8.50. The van der Waals surface area contributed by atoms with Crippen LogP contribution in [0.1, 0.15) is 17.5 Å². The third kappa shape index (κ3) is 5.72. The van der Waals surface area contributed by atoms with Crippen molar-refractivity contribution in [2.45, 2.75) is 19.9 Å². The van der Waals surface area contributed by atoms with Gasteiger partial charge >= 0.3 is 0 Å². The number of carbonyl (C=O) groups excluding carboxylic acids is 1. The second-order valence-corrected chi connectivity index (χ2v) is 4.30. The molecule has 0 spiro atoms. The van der Waals surface area contributed by atoms with E-state index in [1.165, 1.54) is 0 Å². The number of benzene rings is 1. The highest BCUT2D eigenvalue weighted by Gasteiger charge is 2.07. The lowest BCUT2D eigenvalue weighted by Gasteiger charge is -2.14. The maximum Gasteiger partial charge on any atom is 0.220 e. The molecular weight excluding hydrogens is 244 g/mol. The van der Waals surface area contributed by atoms with Crippen LogP contribution in [0.4, 0.5) is 0 Å². The number of primary amides is 1. The normalized spacial score (nSPS) is 10.4. The van der Waals surface area contributed by atoms with Crippen LogP contribution in [0.2, 0.25) is 0 Å². The first-order valence-electron chi connectivity index (χ1n) is 6.34. The van der Waals surface area contributed by atoms with Gasteiger partial charge in [0.05, 0.1) is 19.6 Å². The van der Waals surface area contributed by atoms with Gasteiger partial charge in [-0.2, -0.15) is 0 Å². The first-order chi connectivity index (χ1) is 9.15. The minimum atomic E-state index is -0.353. The summed E-state index contributed by atoms with van der Waals surface area (Å²) in [5, 5.41) is 3.27. The lowest BCUT2D eigenvalue weighted by atomic mass is 10.1. The second-order valence-electron chi connectivity index (χ2n) is 4.30. The van der Waals surface area contributed by atoms with Crippen LogP contribution >= 0.6 is 0 Å². The van der Waals surface area contributed by atoms with Crippen molar-refractivity contribution in [2.75, 3.05) is 26.9 Å². The minimum absolute atomic E-state index is 0.227. The molecule has 5 heteroatoms. The van der Waals surface area contributed by atoms with Crippen molar-refractivity contribution in [3.8, 4) is 5.75 Å². The Bertz CT molecular complexity index is 408. The van der Waals surface area contributed by atoms with E-state index in [1.807, 2.05) is 25.1 Å². The highest BCUT2D eigenvalue weighted by Crippen LogP contribution is 2.23. The Morgan fingerprint density at radius 1 is 1.37 bits per heavy atom. The number of ether oxygens (including phenoxy) is 2. The number of nitrogens with two attached hydrogens (primary N) is 1. The number of hydrogen-bond donors (Lipinski definition) is 2. The average Bonchev–Trinajstić information content (AvgIpc) is 2.37. The molecule has 0 aliphatic carbocycles. The minimum Gasteiger partial charge on any atom is -0.492 e. The van der Waals surface area contributed by atoms with Crippen molar-refractivity contribution in [3.05, 3.63) is 29.3 Å². The average molecular weight is 266 g/mol. The first kappa shape index (κ1) is 15.5. The number of carbonyl (C=O) groups is 1. The van der Waals surface area contributed by atoms with E-state index >= 15 is 0 Å². The fraction of sp³-hybridized carbons (Fsp3) is 0.500. The van der Waals surface area contributed by atoms with E-state index in [0.717, 1.165) is 23.4 Å². The number of amides is 1. The van der Waals surface area contributed by atoms with Crippen LogP contribution in [0.25, 0.3) is 0 Å². The molecule has 0 aliphatic heterocycles. The van der Waals surface area contributed by atoms with Gasteiger partial charge in [-0.1, -0.05) is 18.2 Å². The van der Waals surface area contributed by atoms with Crippen molar-refractivity contribution in [2.24, 2.45) is 5.73 Å². The molecule has 0 aromatic heterocycles. The lowest BCUT2D eigenvalue weighted by Crippen LogP contribution is -2.20. The van der Waals surface area contributed by atoms with Crippen molar-refractivity contribution < 1.29 is 14.3 Å². The van der Waals surface area contributed by atoms with Crippen LogP contribution in [-0.4, -0.2) is 32.8 Å². The lowest BCUT2D eigenvalue weighted by molar-refractivity contribution is -0.118. The molecule has 0 unspecified atom stereocenters. The predicted octanol–water partition coefficient (Wildman–Crippen LogP) is 0.985. The largest absolute Gasteiger partial charge is 0.492 e. The fourth-order valence-corrected chi connectivity index (χ4v) is 1.71. The molecule has 1 aromatic carbocycles. The zero-order chi connectivity index (χ0) is 14.1. The topological polar surface area (TPSA) is 73.6 Å². The van der Waals surface area contributed by atoms with Gasteiger partial charge < -0.3 is 20.5 Å². The molecule has 3 N–H and O–H groups in total. The molecule has 106 valence electrons. The van der Waals surface area contributed by atoms with Gasteiger partial charge in [0.25, 0.3) is 0 Å². The number of hydrogen-bond acceptors (Lipinski definition) is 4. The zero-order valence-electron chi connectivity index (χ0n) is 11.6. The summed E-state index contributed by atoms with van der Waals surface area (Å²) >= 11 is 0. The van der Waals surface area contributed by atoms with Crippen molar-refractivity contribution in [1.29, 1.82) is 0 Å². The summed E-state index contributed by atoms with van der Waals surface area (Å²) in [6.07, 6.45) is 0.227. The van der Waals surface area contributed by atoms with E-state index in [4.69, 9.17) is 15.2 Å². The van der Waals surface area contributed by atoms with E-state index in [0.29, 0.717) is 19.8 Å². The van der Waals surface area contributed by atoms with Crippen LogP contribution in [-0.2, 0) is 16.1 Å². The molecule has 0 aliphatic rings. The van der Waals surface area contributed by atoms with E-state index < -0.39 is 0 Å². The molecule has 0 saturated carbocycles. The van der Waals surface area contributed by atoms with Gasteiger partial charge in [-0.25, -0.2) is 0 Å². The number of methoxy groups -OCH3 is 1. The monoisotopic (exact) mass is 266 g/mol. The number of rotatable bonds is 9. The van der Waals surface area contributed by atoms with Crippen molar-refractivity contribution in [1.82, 2.24) is 5.32 Å². The van der Waals surface area contributed by atoms with Gasteiger partial charge in [-0.3, -0.25) is 4.79 Å². The van der Waals surface area contributed by atoms with Crippen LogP contribution in [0.15, 0.2) is 18.2 Å². The molecule has 5 nitrogen and oxygen atoms in total. The van der Waals surface area contributed by atoms with Crippen molar-refractivity contribution >= 4 is 5.91 Å².